The summed E-state index contributed by atoms with van der Waals surface area (Å²) < 4.78 is 4.96. The summed E-state index contributed by atoms with van der Waals surface area (Å²) in [6, 6.07) is 8.88. The van der Waals surface area contributed by atoms with Crippen molar-refractivity contribution in [2.24, 2.45) is 0 Å². The van der Waals surface area contributed by atoms with Gasteiger partial charge in [0.15, 0.2) is 0 Å². The number of carbonyl (C=O) groups is 1. The number of nitrogens with one attached hydrogen (secondary N) is 1. The van der Waals surface area contributed by atoms with E-state index in [1.807, 2.05) is 11.4 Å². The molecule has 1 amide bonds. The highest BCUT2D eigenvalue weighted by Gasteiger charge is 2.38. The van der Waals surface area contributed by atoms with Crippen LogP contribution in [0.2, 0.25) is 0 Å². The van der Waals surface area contributed by atoms with Crippen LogP contribution in [0.25, 0.3) is 0 Å². The largest absolute Gasteiger partial charge is 0.409 e. The van der Waals surface area contributed by atoms with E-state index in [9.17, 15) is 14.9 Å². The third-order valence-corrected chi connectivity index (χ3v) is 1.90. The van der Waals surface area contributed by atoms with Crippen LogP contribution in [0.1, 0.15) is 5.56 Å². The number of ether oxygens (including phenoxy) is 1. The molecule has 1 N–H and O–H groups in total. The summed E-state index contributed by atoms with van der Waals surface area (Å²) in [5, 5.41) is 12.5. The van der Waals surface area contributed by atoms with Crippen LogP contribution < -0.4 is 5.32 Å². The molecular weight excluding hydrogens is 212 g/mol. The lowest BCUT2D eigenvalue weighted by atomic mass is 10.2. The van der Waals surface area contributed by atoms with Crippen molar-refractivity contribution in [2.45, 2.75) is 12.5 Å². The standard InChI is InChI=1S/C10H11N2O4/c1-10(11-8-13,12(14)15)16-7-9-5-3-2-4-6-9/h2-6,8H,1,7H2,(H,11,13). The van der Waals surface area contributed by atoms with Crippen molar-refractivity contribution in [3.8, 4) is 0 Å². The van der Waals surface area contributed by atoms with Gasteiger partial charge >= 0.3 is 5.85 Å². The Kier molecular flexibility index (Phi) is 3.96. The maximum Gasteiger partial charge on any atom is 0.409 e. The fourth-order valence-electron chi connectivity index (χ4n) is 1.02. The van der Waals surface area contributed by atoms with E-state index in [2.05, 4.69) is 6.92 Å². The predicted molar refractivity (Wildman–Crippen MR) is 55.5 cm³/mol. The van der Waals surface area contributed by atoms with Gasteiger partial charge in [0, 0.05) is 0 Å². The fourth-order valence-corrected chi connectivity index (χ4v) is 1.02. The molecule has 0 aromatic heterocycles. The van der Waals surface area contributed by atoms with E-state index in [1.54, 1.807) is 24.3 Å². The van der Waals surface area contributed by atoms with E-state index in [4.69, 9.17) is 4.74 Å². The predicted octanol–water partition coefficient (Wildman–Crippen LogP) is 0.714. The second-order valence-corrected chi connectivity index (χ2v) is 3.08. The fraction of sp³-hybridized carbons (Fsp3) is 0.200. The number of hydrogen-bond donors (Lipinski definition) is 1. The zero-order chi connectivity index (χ0) is 12.0. The lowest BCUT2D eigenvalue weighted by Gasteiger charge is -2.19. The van der Waals surface area contributed by atoms with Gasteiger partial charge in [-0.05, 0) is 5.56 Å². The minimum atomic E-state index is -2.14. The number of benzene rings is 1. The first-order chi connectivity index (χ1) is 7.58. The molecule has 0 aliphatic heterocycles. The number of nitro groups is 1. The zero-order valence-corrected chi connectivity index (χ0v) is 8.46. The molecule has 1 rings (SSSR count). The molecule has 1 unspecified atom stereocenters. The van der Waals surface area contributed by atoms with E-state index < -0.39 is 10.8 Å². The molecule has 0 saturated heterocycles. The molecule has 0 heterocycles. The van der Waals surface area contributed by atoms with Gasteiger partial charge in [0.25, 0.3) is 0 Å². The van der Waals surface area contributed by atoms with Crippen LogP contribution >= 0.6 is 0 Å². The van der Waals surface area contributed by atoms with Crippen molar-refractivity contribution >= 4 is 6.41 Å². The van der Waals surface area contributed by atoms with Gasteiger partial charge in [-0.3, -0.25) is 25.0 Å². The highest BCUT2D eigenvalue weighted by molar-refractivity contribution is 5.47. The van der Waals surface area contributed by atoms with Crippen molar-refractivity contribution in [1.82, 2.24) is 5.32 Å². The molecule has 1 atom stereocenters. The first-order valence-corrected chi connectivity index (χ1v) is 4.47. The minimum Gasteiger partial charge on any atom is -0.292 e. The molecule has 0 aliphatic rings. The molecule has 1 radical (unpaired) electrons. The summed E-state index contributed by atoms with van der Waals surface area (Å²) in [6.07, 6.45) is 0.181. The molecule has 1 aromatic rings. The van der Waals surface area contributed by atoms with Crippen LogP contribution in [0.15, 0.2) is 30.3 Å². The Bertz CT molecular complexity index is 368. The van der Waals surface area contributed by atoms with E-state index in [0.717, 1.165) is 5.56 Å². The summed E-state index contributed by atoms with van der Waals surface area (Å²) in [7, 11) is 0. The van der Waals surface area contributed by atoms with Crippen molar-refractivity contribution in [3.05, 3.63) is 52.9 Å². The number of amides is 1. The molecule has 6 heteroatoms. The van der Waals surface area contributed by atoms with Gasteiger partial charge in [-0.2, -0.15) is 0 Å². The summed E-state index contributed by atoms with van der Waals surface area (Å²) in [6.45, 7) is 3.20. The summed E-state index contributed by atoms with van der Waals surface area (Å²) in [4.78, 5) is 20.0. The van der Waals surface area contributed by atoms with Gasteiger partial charge in [-0.25, -0.2) is 0 Å². The summed E-state index contributed by atoms with van der Waals surface area (Å²) >= 11 is 0. The quantitative estimate of drug-likeness (QED) is 0.333. The number of hydrogen-bond acceptors (Lipinski definition) is 4. The lowest BCUT2D eigenvalue weighted by Crippen LogP contribution is -2.51. The van der Waals surface area contributed by atoms with Crippen LogP contribution in [0.4, 0.5) is 0 Å². The first kappa shape index (κ1) is 12.1. The molecule has 16 heavy (non-hydrogen) atoms. The third-order valence-electron chi connectivity index (χ3n) is 1.90. The second-order valence-electron chi connectivity index (χ2n) is 3.08. The van der Waals surface area contributed by atoms with E-state index >= 15 is 0 Å². The van der Waals surface area contributed by atoms with Gasteiger partial charge in [0.2, 0.25) is 6.41 Å². The lowest BCUT2D eigenvalue weighted by molar-refractivity contribution is -0.622. The Labute approximate surface area is 92.4 Å². The molecule has 1 aromatic carbocycles. The van der Waals surface area contributed by atoms with Gasteiger partial charge in [-0.1, -0.05) is 30.3 Å². The van der Waals surface area contributed by atoms with Crippen LogP contribution in [0.5, 0.6) is 0 Å². The van der Waals surface area contributed by atoms with Gasteiger partial charge in [-0.15, -0.1) is 0 Å². The van der Waals surface area contributed by atoms with Crippen LogP contribution in [-0.2, 0) is 16.1 Å². The average molecular weight is 223 g/mol. The van der Waals surface area contributed by atoms with E-state index in [-0.39, 0.29) is 13.0 Å². The highest BCUT2D eigenvalue weighted by atomic mass is 16.7. The smallest absolute Gasteiger partial charge is 0.292 e. The summed E-state index contributed by atoms with van der Waals surface area (Å²) in [5.41, 5.74) is 0.755. The van der Waals surface area contributed by atoms with Crippen molar-refractivity contribution in [3.63, 3.8) is 0 Å². The van der Waals surface area contributed by atoms with Crippen LogP contribution in [-0.4, -0.2) is 17.2 Å². The molecule has 6 nitrogen and oxygen atoms in total. The summed E-state index contributed by atoms with van der Waals surface area (Å²) in [5.74, 6) is -2.14. The molecule has 0 spiro atoms. The highest BCUT2D eigenvalue weighted by Crippen LogP contribution is 2.10. The van der Waals surface area contributed by atoms with E-state index in [0.29, 0.717) is 0 Å². The van der Waals surface area contributed by atoms with Gasteiger partial charge in [0.05, 0.1) is 18.5 Å². The second kappa shape index (κ2) is 5.22. The molecule has 0 fully saturated rings. The Balaban J connectivity index is 2.64. The first-order valence-electron chi connectivity index (χ1n) is 4.47. The Morgan fingerprint density at radius 3 is 2.62 bits per heavy atom. The maximum absolute atomic E-state index is 10.6. The third kappa shape index (κ3) is 3.03. The number of rotatable bonds is 6. The monoisotopic (exact) mass is 223 g/mol. The minimum absolute atomic E-state index is 0.00778. The van der Waals surface area contributed by atoms with Crippen LogP contribution in [0, 0.1) is 17.0 Å². The molecular formula is C10H11N2O4. The molecule has 85 valence electrons. The van der Waals surface area contributed by atoms with Crippen molar-refractivity contribution in [2.75, 3.05) is 0 Å². The average Bonchev–Trinajstić information content (AvgIpc) is 2.28. The molecule has 0 aliphatic carbocycles. The van der Waals surface area contributed by atoms with Crippen LogP contribution in [0.3, 0.4) is 0 Å². The van der Waals surface area contributed by atoms with Gasteiger partial charge < -0.3 is 0 Å². The maximum atomic E-state index is 10.6. The van der Waals surface area contributed by atoms with Gasteiger partial charge in [0.1, 0.15) is 0 Å². The topological polar surface area (TPSA) is 81.5 Å². The Hall–Kier alpha value is -1.95. The zero-order valence-electron chi connectivity index (χ0n) is 8.46. The van der Waals surface area contributed by atoms with Crippen molar-refractivity contribution in [1.29, 1.82) is 0 Å². The molecule has 0 saturated carbocycles. The van der Waals surface area contributed by atoms with Crippen molar-refractivity contribution < 1.29 is 14.5 Å². The SMILES string of the molecule is [CH2]C(NC=O)(OCc1ccccc1)[N+](=O)[O-]. The normalized spacial score (nSPS) is 13.8. The Morgan fingerprint density at radius 1 is 1.50 bits per heavy atom. The van der Waals surface area contributed by atoms with E-state index in [1.165, 1.54) is 0 Å². The number of nitrogens with zero attached hydrogens (tertiary/aromatic N) is 1. The number of carbonyl (C=O) groups excluding carboxylic acids is 1. The molecule has 0 bridgehead atoms. The Morgan fingerprint density at radius 2 is 2.12 bits per heavy atom.